The van der Waals surface area contributed by atoms with Crippen molar-refractivity contribution in [3.63, 3.8) is 0 Å². The van der Waals surface area contributed by atoms with E-state index in [9.17, 15) is 22.8 Å². The van der Waals surface area contributed by atoms with E-state index in [0.717, 1.165) is 40.7 Å². The number of aromatic nitrogens is 1. The summed E-state index contributed by atoms with van der Waals surface area (Å²) in [7, 11) is 0. The van der Waals surface area contributed by atoms with Crippen molar-refractivity contribution in [1.29, 1.82) is 0 Å². The van der Waals surface area contributed by atoms with E-state index in [4.69, 9.17) is 14.3 Å². The Labute approximate surface area is 245 Å². The molecule has 0 saturated heterocycles. The fourth-order valence-electron chi connectivity index (χ4n) is 4.11. The van der Waals surface area contributed by atoms with Crippen LogP contribution in [0.15, 0.2) is 82.1 Å². The van der Waals surface area contributed by atoms with Crippen LogP contribution < -0.4 is 10.1 Å². The number of aliphatic carboxylic acids is 1. The fourth-order valence-corrected chi connectivity index (χ4v) is 4.83. The quantitative estimate of drug-likeness (QED) is 0.165. The summed E-state index contributed by atoms with van der Waals surface area (Å²) >= 11 is 1.12. The Hall–Kier alpha value is -4.25. The van der Waals surface area contributed by atoms with Crippen LogP contribution in [0.25, 0.3) is 11.5 Å². The molecular weight excluding hydrogens is 569 g/mol. The molecule has 42 heavy (non-hydrogen) atoms. The van der Waals surface area contributed by atoms with E-state index in [0.29, 0.717) is 40.9 Å². The molecule has 0 radical (unpaired) electrons. The maximum atomic E-state index is 12.8. The molecule has 7 nitrogen and oxygen atoms in total. The van der Waals surface area contributed by atoms with Crippen molar-refractivity contribution in [3.05, 3.63) is 101 Å². The van der Waals surface area contributed by atoms with E-state index < -0.39 is 17.7 Å². The van der Waals surface area contributed by atoms with Crippen molar-refractivity contribution in [2.45, 2.75) is 43.8 Å². The molecule has 0 aliphatic rings. The number of nitrogens with one attached hydrogen (secondary N) is 1. The van der Waals surface area contributed by atoms with Crippen LogP contribution in [0.2, 0.25) is 0 Å². The lowest BCUT2D eigenvalue weighted by Crippen LogP contribution is -2.25. The summed E-state index contributed by atoms with van der Waals surface area (Å²) in [5, 5.41) is 11.9. The molecule has 0 bridgehead atoms. The van der Waals surface area contributed by atoms with Gasteiger partial charge in [0.2, 0.25) is 11.8 Å². The van der Waals surface area contributed by atoms with Crippen molar-refractivity contribution in [3.8, 4) is 17.2 Å². The van der Waals surface area contributed by atoms with E-state index in [-0.39, 0.29) is 31.0 Å². The minimum Gasteiger partial charge on any atom is -0.493 e. The number of halogens is 3. The lowest BCUT2D eigenvalue weighted by atomic mass is 10.0. The SMILES string of the molecule is Cc1oc(-c2ccccc2)nc1CCOc1ccc(CCC(=O)O)c(CNC(=O)CSc2ccc(C(F)(F)F)cc2)c1. The number of carbonyl (C=O) groups excluding carboxylic acids is 1. The maximum absolute atomic E-state index is 12.8. The van der Waals surface area contributed by atoms with E-state index >= 15 is 0 Å². The van der Waals surface area contributed by atoms with Crippen LogP contribution in [0.4, 0.5) is 13.2 Å². The first kappa shape index (κ1) is 30.7. The number of hydrogen-bond donors (Lipinski definition) is 2. The molecule has 11 heteroatoms. The number of rotatable bonds is 13. The van der Waals surface area contributed by atoms with Crippen LogP contribution >= 0.6 is 11.8 Å². The third-order valence-electron chi connectivity index (χ3n) is 6.33. The minimum absolute atomic E-state index is 0.00797. The number of benzene rings is 3. The van der Waals surface area contributed by atoms with Crippen LogP contribution in [0.5, 0.6) is 5.75 Å². The summed E-state index contributed by atoms with van der Waals surface area (Å²) in [5.41, 5.74) is 2.39. The largest absolute Gasteiger partial charge is 0.493 e. The van der Waals surface area contributed by atoms with Gasteiger partial charge in [0.15, 0.2) is 0 Å². The molecule has 0 atom stereocenters. The van der Waals surface area contributed by atoms with Gasteiger partial charge in [0.1, 0.15) is 11.5 Å². The second-order valence-corrected chi connectivity index (χ2v) is 10.4. The Balaban J connectivity index is 1.34. The molecule has 1 aromatic heterocycles. The van der Waals surface area contributed by atoms with Gasteiger partial charge in [-0.05, 0) is 73.0 Å². The monoisotopic (exact) mass is 598 g/mol. The number of aryl methyl sites for hydroxylation is 2. The summed E-state index contributed by atoms with van der Waals surface area (Å²) in [6.07, 6.45) is -3.70. The highest BCUT2D eigenvalue weighted by Crippen LogP contribution is 2.31. The molecule has 0 spiro atoms. The number of thioether (sulfide) groups is 1. The highest BCUT2D eigenvalue weighted by Gasteiger charge is 2.30. The molecule has 0 fully saturated rings. The maximum Gasteiger partial charge on any atom is 0.416 e. The Bertz CT molecular complexity index is 1510. The van der Waals surface area contributed by atoms with Crippen molar-refractivity contribution in [2.75, 3.05) is 12.4 Å². The van der Waals surface area contributed by atoms with Crippen LogP contribution in [-0.4, -0.2) is 34.3 Å². The molecule has 0 saturated carbocycles. The summed E-state index contributed by atoms with van der Waals surface area (Å²) in [5.74, 6) is 0.567. The van der Waals surface area contributed by atoms with E-state index in [1.165, 1.54) is 12.1 Å². The first-order valence-electron chi connectivity index (χ1n) is 13.1. The number of amides is 1. The lowest BCUT2D eigenvalue weighted by Gasteiger charge is -2.13. The molecule has 0 unspecified atom stereocenters. The van der Waals surface area contributed by atoms with Gasteiger partial charge in [0.05, 0.1) is 23.6 Å². The molecule has 1 amide bonds. The van der Waals surface area contributed by atoms with Gasteiger partial charge in [-0.2, -0.15) is 13.2 Å². The molecule has 4 aromatic rings. The second-order valence-electron chi connectivity index (χ2n) is 9.40. The summed E-state index contributed by atoms with van der Waals surface area (Å²) < 4.78 is 50.0. The van der Waals surface area contributed by atoms with Gasteiger partial charge in [-0.25, -0.2) is 4.98 Å². The molecule has 4 rings (SSSR count). The third kappa shape index (κ3) is 8.87. The van der Waals surface area contributed by atoms with Crippen LogP contribution in [0.3, 0.4) is 0 Å². The number of oxazole rings is 1. The average Bonchev–Trinajstić information content (AvgIpc) is 3.34. The minimum atomic E-state index is -4.42. The van der Waals surface area contributed by atoms with Gasteiger partial charge in [0, 0.05) is 29.8 Å². The van der Waals surface area contributed by atoms with Gasteiger partial charge in [0.25, 0.3) is 0 Å². The lowest BCUT2D eigenvalue weighted by molar-refractivity contribution is -0.138. The number of nitrogens with zero attached hydrogens (tertiary/aromatic N) is 1. The number of ether oxygens (including phenoxy) is 1. The van der Waals surface area contributed by atoms with Crippen LogP contribution in [0, 0.1) is 6.92 Å². The number of alkyl halides is 3. The van der Waals surface area contributed by atoms with Gasteiger partial charge in [-0.3, -0.25) is 9.59 Å². The zero-order valence-electron chi connectivity index (χ0n) is 22.7. The number of carboxylic acid groups (broad SMARTS) is 1. The normalized spacial score (nSPS) is 11.3. The Morgan fingerprint density at radius 2 is 1.74 bits per heavy atom. The number of carboxylic acids is 1. The fraction of sp³-hybridized carbons (Fsp3) is 0.258. The zero-order chi connectivity index (χ0) is 30.1. The predicted molar refractivity (Wildman–Crippen MR) is 152 cm³/mol. The highest BCUT2D eigenvalue weighted by molar-refractivity contribution is 8.00. The molecular formula is C31H29F3N2O5S. The third-order valence-corrected chi connectivity index (χ3v) is 7.35. The Morgan fingerprint density at radius 1 is 1.00 bits per heavy atom. The Kier molecular flexibility index (Phi) is 10.3. The number of hydrogen-bond acceptors (Lipinski definition) is 6. The van der Waals surface area contributed by atoms with Gasteiger partial charge in [-0.1, -0.05) is 24.3 Å². The Morgan fingerprint density at radius 3 is 2.43 bits per heavy atom. The average molecular weight is 599 g/mol. The van der Waals surface area contributed by atoms with Crippen LogP contribution in [-0.2, 0) is 35.2 Å². The number of carbonyl (C=O) groups is 2. The van der Waals surface area contributed by atoms with Gasteiger partial charge in [-0.15, -0.1) is 11.8 Å². The molecule has 1 heterocycles. The van der Waals surface area contributed by atoms with E-state index in [1.807, 2.05) is 37.3 Å². The molecule has 2 N–H and O–H groups in total. The molecule has 0 aliphatic heterocycles. The molecule has 3 aromatic carbocycles. The topological polar surface area (TPSA) is 102 Å². The summed E-state index contributed by atoms with van der Waals surface area (Å²) in [4.78, 5) is 28.7. The molecule has 0 aliphatic carbocycles. The van der Waals surface area contributed by atoms with E-state index in [1.54, 1.807) is 18.2 Å². The van der Waals surface area contributed by atoms with E-state index in [2.05, 4.69) is 10.3 Å². The van der Waals surface area contributed by atoms with Gasteiger partial charge < -0.3 is 19.6 Å². The first-order valence-corrected chi connectivity index (χ1v) is 14.1. The van der Waals surface area contributed by atoms with Crippen molar-refractivity contribution < 1.29 is 37.0 Å². The molecule has 220 valence electrons. The highest BCUT2D eigenvalue weighted by atomic mass is 32.2. The van der Waals surface area contributed by atoms with Crippen molar-refractivity contribution >= 4 is 23.6 Å². The predicted octanol–water partition coefficient (Wildman–Crippen LogP) is 6.72. The summed E-state index contributed by atoms with van der Waals surface area (Å²) in [6.45, 7) is 2.32. The standard InChI is InChI=1S/C31H29F3N2O5S/c1-20-27(36-30(41-20)22-5-3-2-4-6-22)15-16-40-25-11-7-21(8-14-29(38)39)23(17-25)18-35-28(37)19-42-26-12-9-24(10-13-26)31(32,33)34/h2-7,9-13,17H,8,14-16,18-19H2,1H3,(H,35,37)(H,38,39). The summed E-state index contributed by atoms with van der Waals surface area (Å²) in [6, 6.07) is 19.5. The first-order chi connectivity index (χ1) is 20.1. The second kappa shape index (κ2) is 14.1. The zero-order valence-corrected chi connectivity index (χ0v) is 23.6. The van der Waals surface area contributed by atoms with Crippen molar-refractivity contribution in [1.82, 2.24) is 10.3 Å². The van der Waals surface area contributed by atoms with Gasteiger partial charge >= 0.3 is 12.1 Å². The van der Waals surface area contributed by atoms with Crippen LogP contribution in [0.1, 0.15) is 34.6 Å². The van der Waals surface area contributed by atoms with Crippen molar-refractivity contribution in [2.24, 2.45) is 0 Å². The smallest absolute Gasteiger partial charge is 0.416 e.